The van der Waals surface area contributed by atoms with Crippen LogP contribution in [0.3, 0.4) is 0 Å². The Morgan fingerprint density at radius 2 is 1.95 bits per heavy atom. The number of nitrogens with zero attached hydrogens (tertiary/aromatic N) is 3. The van der Waals surface area contributed by atoms with Gasteiger partial charge in [0.1, 0.15) is 5.69 Å². The Labute approximate surface area is 125 Å². The van der Waals surface area contributed by atoms with Crippen LogP contribution in [0.25, 0.3) is 0 Å². The highest BCUT2D eigenvalue weighted by molar-refractivity contribution is 6.02. The van der Waals surface area contributed by atoms with Crippen molar-refractivity contribution < 1.29 is 15.8 Å². The summed E-state index contributed by atoms with van der Waals surface area (Å²) in [6, 6.07) is 1.55. The van der Waals surface area contributed by atoms with Gasteiger partial charge in [-0.05, 0) is 6.07 Å². The van der Waals surface area contributed by atoms with Gasteiger partial charge in [-0.2, -0.15) is 0 Å². The summed E-state index contributed by atoms with van der Waals surface area (Å²) >= 11 is 0. The van der Waals surface area contributed by atoms with Crippen LogP contribution in [-0.4, -0.2) is 33.1 Å². The molecule has 2 aromatic rings. The van der Waals surface area contributed by atoms with Crippen molar-refractivity contribution in [3.05, 3.63) is 36.2 Å². The fraction of sp³-hybridized carbons (Fsp3) is 0.357. The molecule has 0 aliphatic rings. The Morgan fingerprint density at radius 1 is 1.29 bits per heavy atom. The number of rotatable bonds is 3. The first kappa shape index (κ1) is 16.5. The molecule has 1 amide bonds. The third-order valence-corrected chi connectivity index (χ3v) is 2.68. The van der Waals surface area contributed by atoms with Crippen LogP contribution in [0.2, 0.25) is 0 Å². The Bertz CT molecular complexity index is 634. The molecule has 116 valence electrons. The van der Waals surface area contributed by atoms with E-state index >= 15 is 0 Å². The second kappa shape index (κ2) is 7.28. The molecule has 2 rings (SSSR count). The van der Waals surface area contributed by atoms with E-state index in [-0.39, 0.29) is 7.33 Å². The van der Waals surface area contributed by atoms with Gasteiger partial charge < -0.3 is 19.2 Å². The van der Waals surface area contributed by atoms with Gasteiger partial charge in [0.25, 0.3) is 5.91 Å². The van der Waals surface area contributed by atoms with Crippen molar-refractivity contribution in [1.82, 2.24) is 14.1 Å². The van der Waals surface area contributed by atoms with Crippen LogP contribution in [0, 0.1) is 0 Å². The maximum atomic E-state index is 11.9. The normalized spacial score (nSPS) is 9.57. The average Bonchev–Trinajstić information content (AvgIpc) is 3.06. The lowest BCUT2D eigenvalue weighted by Gasteiger charge is -2.01. The van der Waals surface area contributed by atoms with E-state index in [2.05, 4.69) is 15.0 Å². The molecular formula is C14H22N4O3. The second-order valence-electron chi connectivity index (χ2n) is 4.03. The van der Waals surface area contributed by atoms with E-state index in [1.165, 1.54) is 7.11 Å². The van der Waals surface area contributed by atoms with E-state index in [1.54, 1.807) is 47.9 Å². The van der Waals surface area contributed by atoms with E-state index < -0.39 is 5.97 Å². The van der Waals surface area contributed by atoms with Gasteiger partial charge in [-0.3, -0.25) is 4.79 Å². The van der Waals surface area contributed by atoms with Gasteiger partial charge in [0.2, 0.25) is 0 Å². The zero-order valence-electron chi connectivity index (χ0n) is 12.9. The van der Waals surface area contributed by atoms with Crippen molar-refractivity contribution in [2.24, 2.45) is 14.1 Å². The molecule has 0 saturated carbocycles. The number of hydrogen-bond donors (Lipinski definition) is 1. The molecule has 1 N–H and O–H groups in total. The van der Waals surface area contributed by atoms with Gasteiger partial charge in [0, 0.05) is 34.1 Å². The minimum Gasteiger partial charge on any atom is -0.464 e. The van der Waals surface area contributed by atoms with Gasteiger partial charge in [0.15, 0.2) is 5.82 Å². The summed E-state index contributed by atoms with van der Waals surface area (Å²) in [7, 11) is 4.73. The summed E-state index contributed by atoms with van der Waals surface area (Å²) in [5, 5.41) is 2.67. The molecule has 0 fully saturated rings. The van der Waals surface area contributed by atoms with Crippen molar-refractivity contribution in [2.75, 3.05) is 12.4 Å². The summed E-state index contributed by atoms with van der Waals surface area (Å²) in [5.41, 5.74) is 0.869. The van der Waals surface area contributed by atoms with Crippen LogP contribution in [0.4, 0.5) is 5.69 Å². The van der Waals surface area contributed by atoms with Crippen molar-refractivity contribution in [3.63, 3.8) is 0 Å². The lowest BCUT2D eigenvalue weighted by Crippen LogP contribution is -2.16. The van der Waals surface area contributed by atoms with Gasteiger partial charge >= 0.3 is 5.97 Å². The Balaban J connectivity index is 0.00000141. The SMILES string of the molecule is CC.COC(=O)c1cc(NC(=O)c2nccn2C)cn1C.[HH]. The number of ether oxygens (including phenoxy) is 1. The zero-order chi connectivity index (χ0) is 16.0. The smallest absolute Gasteiger partial charge is 0.354 e. The quantitative estimate of drug-likeness (QED) is 0.879. The molecule has 7 nitrogen and oxygen atoms in total. The largest absolute Gasteiger partial charge is 0.464 e. The lowest BCUT2D eigenvalue weighted by atomic mass is 10.4. The molecule has 0 aliphatic heterocycles. The van der Waals surface area contributed by atoms with Crippen molar-refractivity contribution >= 4 is 17.6 Å². The zero-order valence-corrected chi connectivity index (χ0v) is 12.9. The minimum absolute atomic E-state index is 0. The van der Waals surface area contributed by atoms with Crippen LogP contribution in [0.15, 0.2) is 24.7 Å². The first-order valence-corrected chi connectivity index (χ1v) is 6.56. The number of imidazole rings is 1. The highest BCUT2D eigenvalue weighted by Crippen LogP contribution is 2.14. The van der Waals surface area contributed by atoms with Crippen molar-refractivity contribution in [2.45, 2.75) is 13.8 Å². The van der Waals surface area contributed by atoms with Gasteiger partial charge in [0.05, 0.1) is 12.8 Å². The molecule has 0 aromatic carbocycles. The molecular weight excluding hydrogens is 272 g/mol. The number of carbonyl (C=O) groups excluding carboxylic acids is 2. The number of aryl methyl sites for hydroxylation is 2. The lowest BCUT2D eigenvalue weighted by molar-refractivity contribution is 0.0590. The summed E-state index contributed by atoms with van der Waals surface area (Å²) in [6.07, 6.45) is 4.85. The third kappa shape index (κ3) is 3.71. The van der Waals surface area contributed by atoms with Crippen LogP contribution < -0.4 is 5.32 Å². The molecule has 0 bridgehead atoms. The highest BCUT2D eigenvalue weighted by Gasteiger charge is 2.15. The topological polar surface area (TPSA) is 78.2 Å². The second-order valence-corrected chi connectivity index (χ2v) is 4.03. The number of amides is 1. The van der Waals surface area contributed by atoms with E-state index in [0.717, 1.165) is 0 Å². The van der Waals surface area contributed by atoms with Gasteiger partial charge in [-0.1, -0.05) is 13.8 Å². The Kier molecular flexibility index (Phi) is 5.71. The van der Waals surface area contributed by atoms with Gasteiger partial charge in [-0.15, -0.1) is 0 Å². The summed E-state index contributed by atoms with van der Waals surface area (Å²) in [5.74, 6) is -0.502. The molecule has 2 heterocycles. The van der Waals surface area contributed by atoms with E-state index in [4.69, 9.17) is 0 Å². The maximum absolute atomic E-state index is 11.9. The molecule has 0 unspecified atom stereocenters. The highest BCUT2D eigenvalue weighted by atomic mass is 16.5. The number of nitrogens with one attached hydrogen (secondary N) is 1. The number of methoxy groups -OCH3 is 1. The van der Waals surface area contributed by atoms with E-state index in [1.807, 2.05) is 13.8 Å². The molecule has 0 spiro atoms. The van der Waals surface area contributed by atoms with Crippen LogP contribution >= 0.6 is 0 Å². The fourth-order valence-electron chi connectivity index (χ4n) is 1.71. The van der Waals surface area contributed by atoms with Crippen LogP contribution in [-0.2, 0) is 18.8 Å². The standard InChI is InChI=1S/C12H14N4O3.C2H6.H2/c1-15-5-4-13-10(15)11(17)14-8-6-9(12(18)19-3)16(2)7-8;1-2;/h4-7H,1-3H3,(H,14,17);1-2H3;1H. The number of anilines is 1. The first-order chi connectivity index (χ1) is 10.0. The van der Waals surface area contributed by atoms with Crippen molar-refractivity contribution in [1.29, 1.82) is 0 Å². The molecule has 0 saturated heterocycles. The molecule has 21 heavy (non-hydrogen) atoms. The molecule has 0 radical (unpaired) electrons. The van der Waals surface area contributed by atoms with Crippen LogP contribution in [0.5, 0.6) is 0 Å². The Morgan fingerprint density at radius 3 is 2.48 bits per heavy atom. The van der Waals surface area contributed by atoms with Crippen LogP contribution in [0.1, 0.15) is 36.4 Å². The maximum Gasteiger partial charge on any atom is 0.354 e. The fourth-order valence-corrected chi connectivity index (χ4v) is 1.71. The number of aromatic nitrogens is 3. The summed E-state index contributed by atoms with van der Waals surface area (Å²) in [6.45, 7) is 4.00. The Hall–Kier alpha value is -2.57. The molecule has 0 atom stereocenters. The minimum atomic E-state index is -0.458. The predicted molar refractivity (Wildman–Crippen MR) is 81.4 cm³/mol. The number of esters is 1. The number of hydrogen-bond acceptors (Lipinski definition) is 4. The molecule has 7 heteroatoms. The summed E-state index contributed by atoms with van der Waals surface area (Å²) < 4.78 is 7.83. The number of carbonyl (C=O) groups is 2. The average molecular weight is 294 g/mol. The van der Waals surface area contributed by atoms with Crippen molar-refractivity contribution in [3.8, 4) is 0 Å². The molecule has 0 aliphatic carbocycles. The van der Waals surface area contributed by atoms with Gasteiger partial charge in [-0.25, -0.2) is 9.78 Å². The monoisotopic (exact) mass is 294 g/mol. The molecule has 2 aromatic heterocycles. The summed E-state index contributed by atoms with van der Waals surface area (Å²) in [4.78, 5) is 27.3. The van der Waals surface area contributed by atoms with E-state index in [0.29, 0.717) is 17.2 Å². The predicted octanol–water partition coefficient (Wildman–Crippen LogP) is 2.07. The third-order valence-electron chi connectivity index (χ3n) is 2.68. The first-order valence-electron chi connectivity index (χ1n) is 6.56. The van der Waals surface area contributed by atoms with E-state index in [9.17, 15) is 9.59 Å².